The fraction of sp³-hybridized carbons (Fsp3) is 0.722. The third kappa shape index (κ3) is 4.69. The number of anilines is 1. The molecule has 1 N–H and O–H groups in total. The van der Waals surface area contributed by atoms with Crippen LogP contribution in [0.25, 0.3) is 0 Å². The van der Waals surface area contributed by atoms with Gasteiger partial charge in [-0.2, -0.15) is 0 Å². The highest BCUT2D eigenvalue weighted by Gasteiger charge is 2.29. The minimum atomic E-state index is -0.0346. The van der Waals surface area contributed by atoms with E-state index in [1.165, 1.54) is 25.7 Å². The Labute approximate surface area is 172 Å². The van der Waals surface area contributed by atoms with Crippen molar-refractivity contribution < 1.29 is 0 Å². The van der Waals surface area contributed by atoms with Gasteiger partial charge in [0.25, 0.3) is 5.56 Å². The van der Waals surface area contributed by atoms with E-state index >= 15 is 0 Å². The van der Waals surface area contributed by atoms with Gasteiger partial charge in [-0.1, -0.05) is 19.8 Å². The van der Waals surface area contributed by atoms with Gasteiger partial charge in [0, 0.05) is 59.2 Å². The van der Waals surface area contributed by atoms with Gasteiger partial charge < -0.3 is 19.7 Å². The van der Waals surface area contributed by atoms with E-state index < -0.39 is 0 Å². The monoisotopic (exact) mass is 474 g/mol. The molecule has 1 saturated carbocycles. The summed E-state index contributed by atoms with van der Waals surface area (Å²) in [6.45, 7) is 6.61. The Morgan fingerprint density at radius 1 is 1.27 bits per heavy atom. The van der Waals surface area contributed by atoms with Crippen molar-refractivity contribution in [3.8, 4) is 0 Å². The average Bonchev–Trinajstić information content (AvgIpc) is 3.05. The lowest BCUT2D eigenvalue weighted by molar-refractivity contribution is 0.317. The Hall–Kier alpha value is -1.32. The Morgan fingerprint density at radius 3 is 2.54 bits per heavy atom. The summed E-state index contributed by atoms with van der Waals surface area (Å²) >= 11 is 0. The fourth-order valence-corrected chi connectivity index (χ4v) is 3.86. The molecule has 0 amide bonds. The molecule has 1 aromatic rings. The van der Waals surface area contributed by atoms with Crippen LogP contribution < -0.4 is 15.8 Å². The van der Waals surface area contributed by atoms with Gasteiger partial charge in [-0.05, 0) is 18.3 Å². The second-order valence-electron chi connectivity index (χ2n) is 7.56. The van der Waals surface area contributed by atoms with Gasteiger partial charge >= 0.3 is 0 Å². The molecule has 0 unspecified atom stereocenters. The summed E-state index contributed by atoms with van der Waals surface area (Å²) in [6, 6.07) is 0. The van der Waals surface area contributed by atoms with Crippen LogP contribution in [0.3, 0.4) is 0 Å². The molecule has 26 heavy (non-hydrogen) atoms. The van der Waals surface area contributed by atoms with Crippen LogP contribution in [0.5, 0.6) is 0 Å². The maximum atomic E-state index is 12.2. The van der Waals surface area contributed by atoms with Crippen LogP contribution in [-0.4, -0.2) is 60.2 Å². The van der Waals surface area contributed by atoms with Crippen LogP contribution in [0, 0.1) is 5.41 Å². The predicted octanol–water partition coefficient (Wildman–Crippen LogP) is 1.68. The fourth-order valence-electron chi connectivity index (χ4n) is 3.86. The number of aromatic nitrogens is 2. The number of aliphatic imine (C=N–C) groups is 1. The molecular weight excluding hydrogens is 443 g/mol. The van der Waals surface area contributed by atoms with E-state index in [1.54, 1.807) is 24.0 Å². The van der Waals surface area contributed by atoms with Crippen LogP contribution >= 0.6 is 24.0 Å². The molecule has 0 aromatic carbocycles. The zero-order valence-corrected chi connectivity index (χ0v) is 18.4. The van der Waals surface area contributed by atoms with Gasteiger partial charge in [-0.25, -0.2) is 4.98 Å². The van der Waals surface area contributed by atoms with E-state index in [4.69, 9.17) is 0 Å². The summed E-state index contributed by atoms with van der Waals surface area (Å²) in [5.74, 6) is 1.52. The first-order valence-electron chi connectivity index (χ1n) is 9.25. The minimum absolute atomic E-state index is 0. The van der Waals surface area contributed by atoms with E-state index in [0.29, 0.717) is 11.2 Å². The number of piperazine rings is 1. The molecule has 7 nitrogen and oxygen atoms in total. The molecule has 2 aliphatic rings. The molecule has 1 aliphatic carbocycles. The Morgan fingerprint density at radius 2 is 1.92 bits per heavy atom. The van der Waals surface area contributed by atoms with Gasteiger partial charge in [0.15, 0.2) is 11.8 Å². The van der Waals surface area contributed by atoms with Crippen molar-refractivity contribution in [3.63, 3.8) is 0 Å². The van der Waals surface area contributed by atoms with Crippen LogP contribution in [0.4, 0.5) is 5.82 Å². The van der Waals surface area contributed by atoms with Crippen LogP contribution in [0.1, 0.15) is 32.6 Å². The predicted molar refractivity (Wildman–Crippen MR) is 117 cm³/mol. The second kappa shape index (κ2) is 9.05. The van der Waals surface area contributed by atoms with Crippen LogP contribution in [0.2, 0.25) is 0 Å². The molecule has 0 spiro atoms. The highest BCUT2D eigenvalue weighted by molar-refractivity contribution is 14.0. The summed E-state index contributed by atoms with van der Waals surface area (Å²) in [7, 11) is 3.61. The first kappa shape index (κ1) is 21.0. The highest BCUT2D eigenvalue weighted by Crippen LogP contribution is 2.36. The molecule has 8 heteroatoms. The van der Waals surface area contributed by atoms with Crippen LogP contribution in [0.15, 0.2) is 22.2 Å². The largest absolute Gasteiger partial charge is 0.356 e. The number of hydrogen-bond acceptors (Lipinski definition) is 4. The topological polar surface area (TPSA) is 65.8 Å². The molecule has 0 bridgehead atoms. The highest BCUT2D eigenvalue weighted by atomic mass is 127. The molecule has 2 heterocycles. The smallest absolute Gasteiger partial charge is 0.293 e. The Bertz CT molecular complexity index is 675. The molecule has 146 valence electrons. The minimum Gasteiger partial charge on any atom is -0.356 e. The third-order valence-corrected chi connectivity index (χ3v) is 5.57. The molecule has 1 saturated heterocycles. The number of hydrogen-bond donors (Lipinski definition) is 1. The number of aryl methyl sites for hydroxylation is 1. The lowest BCUT2D eigenvalue weighted by Gasteiger charge is -2.37. The first-order chi connectivity index (χ1) is 12.0. The first-order valence-corrected chi connectivity index (χ1v) is 9.25. The molecule has 0 atom stereocenters. The van der Waals surface area contributed by atoms with Gasteiger partial charge in [0.1, 0.15) is 0 Å². The van der Waals surface area contributed by atoms with Crippen molar-refractivity contribution >= 4 is 35.8 Å². The van der Waals surface area contributed by atoms with Crippen molar-refractivity contribution in [1.29, 1.82) is 0 Å². The molecule has 2 fully saturated rings. The quantitative estimate of drug-likeness (QED) is 0.411. The van der Waals surface area contributed by atoms with E-state index in [9.17, 15) is 4.79 Å². The average molecular weight is 474 g/mol. The van der Waals surface area contributed by atoms with Crippen molar-refractivity contribution in [1.82, 2.24) is 19.8 Å². The maximum absolute atomic E-state index is 12.2. The lowest BCUT2D eigenvalue weighted by atomic mass is 9.89. The van der Waals surface area contributed by atoms with Gasteiger partial charge in [-0.3, -0.25) is 9.79 Å². The number of nitrogens with one attached hydrogen (secondary N) is 1. The van der Waals surface area contributed by atoms with Crippen molar-refractivity contribution in [3.05, 3.63) is 22.7 Å². The van der Waals surface area contributed by atoms with E-state index in [1.807, 2.05) is 7.05 Å². The summed E-state index contributed by atoms with van der Waals surface area (Å²) in [4.78, 5) is 25.3. The zero-order valence-electron chi connectivity index (χ0n) is 16.1. The van der Waals surface area contributed by atoms with Gasteiger partial charge in [0.05, 0.1) is 0 Å². The summed E-state index contributed by atoms with van der Waals surface area (Å²) in [5.41, 5.74) is 0.366. The number of guanidine groups is 1. The molecular formula is C18H31IN6O. The zero-order chi connectivity index (χ0) is 17.9. The third-order valence-electron chi connectivity index (χ3n) is 5.57. The number of rotatable bonds is 3. The van der Waals surface area contributed by atoms with Gasteiger partial charge in [0.2, 0.25) is 0 Å². The molecule has 1 aromatic heterocycles. The SMILES string of the molecule is CN=C(NCC1(C)CCCC1)N1CCN(c2nccn(C)c2=O)CC1.I. The van der Waals surface area contributed by atoms with E-state index in [-0.39, 0.29) is 29.5 Å². The normalized spacial score (nSPS) is 20.0. The summed E-state index contributed by atoms with van der Waals surface area (Å²) < 4.78 is 1.58. The lowest BCUT2D eigenvalue weighted by Crippen LogP contribution is -2.54. The van der Waals surface area contributed by atoms with Crippen molar-refractivity contribution in [2.75, 3.05) is 44.7 Å². The maximum Gasteiger partial charge on any atom is 0.293 e. The summed E-state index contributed by atoms with van der Waals surface area (Å²) in [5, 5.41) is 3.57. The molecule has 0 radical (unpaired) electrons. The second-order valence-corrected chi connectivity index (χ2v) is 7.56. The Kier molecular flexibility index (Phi) is 7.31. The summed E-state index contributed by atoms with van der Waals surface area (Å²) in [6.07, 6.45) is 8.66. The molecule has 1 aliphatic heterocycles. The van der Waals surface area contributed by atoms with Crippen LogP contribution in [-0.2, 0) is 7.05 Å². The Balaban J connectivity index is 0.00000243. The molecule has 3 rings (SSSR count). The van der Waals surface area contributed by atoms with E-state index in [2.05, 4.69) is 32.0 Å². The van der Waals surface area contributed by atoms with Crippen molar-refractivity contribution in [2.24, 2.45) is 17.5 Å². The van der Waals surface area contributed by atoms with Gasteiger partial charge in [-0.15, -0.1) is 24.0 Å². The van der Waals surface area contributed by atoms with Crippen molar-refractivity contribution in [2.45, 2.75) is 32.6 Å². The standard InChI is InChI=1S/C18H30N6O.HI/c1-18(6-4-5-7-18)14-21-17(19-2)24-12-10-23(11-13-24)15-16(25)22(3)9-8-20-15;/h8-9H,4-7,10-14H2,1-3H3,(H,19,21);1H. The number of nitrogens with zero attached hydrogens (tertiary/aromatic N) is 5. The number of halogens is 1. The van der Waals surface area contributed by atoms with E-state index in [0.717, 1.165) is 38.7 Å².